The van der Waals surface area contributed by atoms with Crippen molar-refractivity contribution in [3.63, 3.8) is 0 Å². The molecule has 2 aromatic rings. The molecule has 31 heavy (non-hydrogen) atoms. The molecule has 7 nitrogen and oxygen atoms in total. The van der Waals surface area contributed by atoms with Crippen LogP contribution in [-0.2, 0) is 29.0 Å². The molecule has 3 amide bonds. The van der Waals surface area contributed by atoms with Gasteiger partial charge in [0.25, 0.3) is 0 Å². The highest BCUT2D eigenvalue weighted by molar-refractivity contribution is 7.09. The summed E-state index contributed by atoms with van der Waals surface area (Å²) in [5, 5.41) is 4.88. The number of hydrogen-bond acceptors (Lipinski definition) is 6. The van der Waals surface area contributed by atoms with E-state index in [2.05, 4.69) is 10.3 Å². The van der Waals surface area contributed by atoms with Crippen LogP contribution in [0.2, 0.25) is 0 Å². The third kappa shape index (κ3) is 4.90. The van der Waals surface area contributed by atoms with Gasteiger partial charge in [-0.05, 0) is 31.4 Å². The topological polar surface area (TPSA) is 96.4 Å². The van der Waals surface area contributed by atoms with Crippen LogP contribution in [0.5, 0.6) is 0 Å². The lowest BCUT2D eigenvalue weighted by Crippen LogP contribution is -2.30. The van der Waals surface area contributed by atoms with Crippen LogP contribution < -0.4 is 5.32 Å². The normalized spacial score (nSPS) is 16.7. The summed E-state index contributed by atoms with van der Waals surface area (Å²) in [4.78, 5) is 54.7. The third-order valence-corrected chi connectivity index (χ3v) is 6.75. The van der Waals surface area contributed by atoms with Crippen LogP contribution in [0.25, 0.3) is 0 Å². The number of carbonyl (C=O) groups is 4. The van der Waals surface area contributed by atoms with E-state index in [1.807, 2.05) is 25.1 Å². The molecule has 0 spiro atoms. The number of aryl methyl sites for hydroxylation is 1. The van der Waals surface area contributed by atoms with Crippen molar-refractivity contribution in [3.8, 4) is 0 Å². The Morgan fingerprint density at radius 3 is 2.68 bits per heavy atom. The van der Waals surface area contributed by atoms with E-state index < -0.39 is 6.03 Å². The molecule has 4 rings (SSSR count). The van der Waals surface area contributed by atoms with Gasteiger partial charge in [-0.25, -0.2) is 9.78 Å². The minimum atomic E-state index is -0.422. The van der Waals surface area contributed by atoms with Crippen molar-refractivity contribution < 1.29 is 19.2 Å². The summed E-state index contributed by atoms with van der Waals surface area (Å²) in [6.07, 6.45) is 4.39. The number of urea groups is 1. The predicted molar refractivity (Wildman–Crippen MR) is 116 cm³/mol. The molecule has 8 heteroatoms. The number of imide groups is 1. The van der Waals surface area contributed by atoms with Crippen LogP contribution in [0.4, 0.5) is 4.79 Å². The first-order valence-electron chi connectivity index (χ1n) is 10.6. The highest BCUT2D eigenvalue weighted by Crippen LogP contribution is 2.30. The minimum absolute atomic E-state index is 0.00672. The van der Waals surface area contributed by atoms with Crippen LogP contribution in [0.3, 0.4) is 0 Å². The van der Waals surface area contributed by atoms with Gasteiger partial charge >= 0.3 is 6.03 Å². The first-order chi connectivity index (χ1) is 14.9. The number of hydrogen-bond donors (Lipinski definition) is 1. The quantitative estimate of drug-likeness (QED) is 0.503. The molecule has 0 radical (unpaired) electrons. The molecule has 0 atom stereocenters. The fourth-order valence-electron chi connectivity index (χ4n) is 4.21. The number of aromatic nitrogens is 1. The van der Waals surface area contributed by atoms with Gasteiger partial charge in [0.2, 0.25) is 5.91 Å². The Morgan fingerprint density at radius 1 is 1.19 bits per heavy atom. The summed E-state index contributed by atoms with van der Waals surface area (Å²) < 4.78 is 0. The molecule has 1 aromatic carbocycles. The largest absolute Gasteiger partial charge is 0.329 e. The van der Waals surface area contributed by atoms with Crippen molar-refractivity contribution >= 4 is 34.8 Å². The molecule has 1 saturated carbocycles. The lowest BCUT2D eigenvalue weighted by Gasteiger charge is -2.13. The van der Waals surface area contributed by atoms with E-state index in [1.54, 1.807) is 5.38 Å². The van der Waals surface area contributed by atoms with Gasteiger partial charge in [0.05, 0.1) is 25.2 Å². The smallest absolute Gasteiger partial charge is 0.324 e. The van der Waals surface area contributed by atoms with Crippen molar-refractivity contribution in [2.45, 2.75) is 52.0 Å². The molecule has 1 aliphatic heterocycles. The van der Waals surface area contributed by atoms with Gasteiger partial charge in [-0.1, -0.05) is 30.5 Å². The van der Waals surface area contributed by atoms with Crippen LogP contribution in [0, 0.1) is 12.8 Å². The van der Waals surface area contributed by atoms with Crippen molar-refractivity contribution in [1.29, 1.82) is 0 Å². The average molecular weight is 440 g/mol. The second-order valence-electron chi connectivity index (χ2n) is 8.27. The van der Waals surface area contributed by atoms with Gasteiger partial charge in [0, 0.05) is 23.3 Å². The van der Waals surface area contributed by atoms with Gasteiger partial charge in [-0.2, -0.15) is 0 Å². The first kappa shape index (κ1) is 21.4. The summed E-state index contributed by atoms with van der Waals surface area (Å²) in [5.41, 5.74) is 3.07. The Bertz CT molecular complexity index is 1020. The van der Waals surface area contributed by atoms with E-state index in [0.29, 0.717) is 16.3 Å². The number of ketones is 2. The van der Waals surface area contributed by atoms with E-state index in [-0.39, 0.29) is 49.3 Å². The van der Waals surface area contributed by atoms with Crippen LogP contribution in [-0.4, -0.2) is 39.9 Å². The molecular weight excluding hydrogens is 414 g/mol. The fourth-order valence-corrected chi connectivity index (χ4v) is 5.02. The Morgan fingerprint density at radius 2 is 1.97 bits per heavy atom. The maximum absolute atomic E-state index is 13.0. The Balaban J connectivity index is 1.41. The monoisotopic (exact) mass is 439 g/mol. The summed E-state index contributed by atoms with van der Waals surface area (Å²) >= 11 is 1.34. The Labute approximate surface area is 184 Å². The SMILES string of the molecule is Cc1ccc(CC(=O)Cc2nc(CN3C(=O)CNC3=O)cs2)c(C(=O)C2CCCC2)c1. The molecule has 0 unspecified atom stereocenters. The average Bonchev–Trinajstić information content (AvgIpc) is 3.48. The summed E-state index contributed by atoms with van der Waals surface area (Å²) in [7, 11) is 0. The predicted octanol–water partition coefficient (Wildman–Crippen LogP) is 3.23. The van der Waals surface area contributed by atoms with Crippen molar-refractivity contribution in [2.75, 3.05) is 6.54 Å². The second-order valence-corrected chi connectivity index (χ2v) is 9.21. The highest BCUT2D eigenvalue weighted by atomic mass is 32.1. The second kappa shape index (κ2) is 9.09. The number of benzene rings is 1. The molecule has 0 bridgehead atoms. The lowest BCUT2D eigenvalue weighted by atomic mass is 9.90. The maximum atomic E-state index is 13.0. The van der Waals surface area contributed by atoms with E-state index in [9.17, 15) is 19.2 Å². The van der Waals surface area contributed by atoms with Crippen LogP contribution >= 0.6 is 11.3 Å². The summed E-state index contributed by atoms with van der Waals surface area (Å²) in [5.74, 6) is -0.0635. The van der Waals surface area contributed by atoms with E-state index in [4.69, 9.17) is 0 Å². The van der Waals surface area contributed by atoms with E-state index in [0.717, 1.165) is 41.7 Å². The standard InChI is InChI=1S/C23H25N3O4S/c1-14-6-7-16(19(8-14)22(29)15-4-2-3-5-15)9-18(27)10-20-25-17(13-31-20)12-26-21(28)11-24-23(26)30/h6-8,13,15H,2-5,9-12H2,1H3,(H,24,30). The van der Waals surface area contributed by atoms with Crippen molar-refractivity contribution in [3.05, 3.63) is 51.0 Å². The fraction of sp³-hybridized carbons (Fsp3) is 0.435. The summed E-state index contributed by atoms with van der Waals surface area (Å²) in [6, 6.07) is 5.31. The molecular formula is C23H25N3O4S. The molecule has 2 fully saturated rings. The minimum Gasteiger partial charge on any atom is -0.329 e. The first-order valence-corrected chi connectivity index (χ1v) is 11.5. The molecule has 1 aliphatic carbocycles. The zero-order valence-corrected chi connectivity index (χ0v) is 18.3. The van der Waals surface area contributed by atoms with Crippen molar-refractivity contribution in [1.82, 2.24) is 15.2 Å². The summed E-state index contributed by atoms with van der Waals surface area (Å²) in [6.45, 7) is 2.07. The van der Waals surface area contributed by atoms with Gasteiger partial charge in [0.15, 0.2) is 5.78 Å². The van der Waals surface area contributed by atoms with Crippen LogP contribution in [0.15, 0.2) is 23.6 Å². The number of thiazole rings is 1. The highest BCUT2D eigenvalue weighted by Gasteiger charge is 2.29. The zero-order chi connectivity index (χ0) is 22.0. The lowest BCUT2D eigenvalue weighted by molar-refractivity contribution is -0.125. The van der Waals surface area contributed by atoms with Gasteiger partial charge < -0.3 is 5.32 Å². The van der Waals surface area contributed by atoms with Gasteiger partial charge in [-0.3, -0.25) is 19.3 Å². The number of Topliss-reactive ketones (excluding diaryl/α,β-unsaturated/α-hetero) is 2. The maximum Gasteiger partial charge on any atom is 0.324 e. The molecule has 1 N–H and O–H groups in total. The number of amides is 3. The third-order valence-electron chi connectivity index (χ3n) is 5.85. The van der Waals surface area contributed by atoms with Crippen molar-refractivity contribution in [2.24, 2.45) is 5.92 Å². The number of rotatable bonds is 8. The molecule has 2 heterocycles. The van der Waals surface area contributed by atoms with E-state index in [1.165, 1.54) is 11.3 Å². The Kier molecular flexibility index (Phi) is 6.27. The zero-order valence-electron chi connectivity index (χ0n) is 17.5. The number of carbonyl (C=O) groups excluding carboxylic acids is 4. The van der Waals surface area contributed by atoms with Gasteiger partial charge in [-0.15, -0.1) is 11.3 Å². The molecule has 1 aromatic heterocycles. The number of nitrogens with zero attached hydrogens (tertiary/aromatic N) is 2. The van der Waals surface area contributed by atoms with E-state index >= 15 is 0 Å². The Hall–Kier alpha value is -2.87. The van der Waals surface area contributed by atoms with Gasteiger partial charge in [0.1, 0.15) is 10.8 Å². The molecule has 162 valence electrons. The van der Waals surface area contributed by atoms with Crippen LogP contribution in [0.1, 0.15) is 57.9 Å². The molecule has 2 aliphatic rings. The molecule has 1 saturated heterocycles. The number of nitrogens with one attached hydrogen (secondary N) is 1.